The van der Waals surface area contributed by atoms with Crippen LogP contribution in [0.4, 0.5) is 22.9 Å². The molecule has 3 N–H and O–H groups in total. The molecule has 1 unspecified atom stereocenters. The van der Waals surface area contributed by atoms with Gasteiger partial charge in [-0.25, -0.2) is 9.78 Å². The number of benzene rings is 1. The zero-order valence-electron chi connectivity index (χ0n) is 19.2. The van der Waals surface area contributed by atoms with Crippen LogP contribution in [0.15, 0.2) is 64.6 Å². The van der Waals surface area contributed by atoms with E-state index in [1.807, 2.05) is 48.2 Å². The fourth-order valence-electron chi connectivity index (χ4n) is 4.63. The Kier molecular flexibility index (Phi) is 5.90. The molecule has 35 heavy (non-hydrogen) atoms. The van der Waals surface area contributed by atoms with Crippen LogP contribution in [-0.4, -0.2) is 39.7 Å². The summed E-state index contributed by atoms with van der Waals surface area (Å²) in [5.41, 5.74) is 0.816. The van der Waals surface area contributed by atoms with Crippen LogP contribution in [0.25, 0.3) is 10.8 Å². The van der Waals surface area contributed by atoms with Crippen LogP contribution in [0.5, 0.6) is 0 Å². The van der Waals surface area contributed by atoms with E-state index in [0.29, 0.717) is 18.1 Å². The van der Waals surface area contributed by atoms with E-state index in [0.717, 1.165) is 34.9 Å². The van der Waals surface area contributed by atoms with E-state index in [9.17, 15) is 19.5 Å². The Morgan fingerprint density at radius 3 is 2.63 bits per heavy atom. The second-order valence-corrected chi connectivity index (χ2v) is 8.88. The summed E-state index contributed by atoms with van der Waals surface area (Å²) in [5.74, 6) is -0.412. The Labute approximate surface area is 201 Å². The molecule has 2 aromatic heterocycles. The van der Waals surface area contributed by atoms with Gasteiger partial charge in [0.25, 0.3) is 10.9 Å². The fraction of sp³-hybridized carbons (Fsp3) is 0.269. The molecule has 178 valence electrons. The zero-order chi connectivity index (χ0) is 24.5. The molecule has 1 fully saturated rings. The zero-order valence-corrected chi connectivity index (χ0v) is 19.2. The van der Waals surface area contributed by atoms with E-state index in [-0.39, 0.29) is 18.2 Å². The van der Waals surface area contributed by atoms with E-state index in [1.165, 1.54) is 0 Å². The first-order valence-corrected chi connectivity index (χ1v) is 11.6. The maximum absolute atomic E-state index is 12.2. The average molecular weight is 472 g/mol. The van der Waals surface area contributed by atoms with Crippen molar-refractivity contribution in [2.75, 3.05) is 22.1 Å². The lowest BCUT2D eigenvalue weighted by Crippen LogP contribution is -2.46. The maximum Gasteiger partial charge on any atom is 0.326 e. The van der Waals surface area contributed by atoms with Gasteiger partial charge in [0.2, 0.25) is 0 Å². The Hall–Kier alpha value is -4.27. The number of carboxylic acid groups (broad SMARTS) is 1. The van der Waals surface area contributed by atoms with Crippen LogP contribution in [0.1, 0.15) is 25.3 Å². The monoisotopic (exact) mass is 471 g/mol. The normalized spacial score (nSPS) is 16.5. The summed E-state index contributed by atoms with van der Waals surface area (Å²) in [5, 5.41) is 17.8. The van der Waals surface area contributed by atoms with Crippen molar-refractivity contribution in [2.24, 2.45) is 0 Å². The van der Waals surface area contributed by atoms with Gasteiger partial charge in [0.1, 0.15) is 23.2 Å². The molecule has 0 radical (unpaired) electrons. The number of anilines is 4. The summed E-state index contributed by atoms with van der Waals surface area (Å²) < 4.78 is 0. The number of carboxylic acids is 1. The number of aromatic nitrogens is 2. The number of hydrogen-bond acceptors (Lipinski definition) is 8. The molecule has 5 rings (SSSR count). The first-order chi connectivity index (χ1) is 16.9. The smallest absolute Gasteiger partial charge is 0.326 e. The Bertz CT molecular complexity index is 1450. The van der Waals surface area contributed by atoms with Crippen LogP contribution in [0.2, 0.25) is 0 Å². The molecular formula is C26H25N5O4. The maximum atomic E-state index is 12.2. The number of aliphatic carboxylic acids is 1. The number of rotatable bonds is 8. The molecule has 0 bridgehead atoms. The average Bonchev–Trinajstić information content (AvgIpc) is 3.28. The van der Waals surface area contributed by atoms with Crippen LogP contribution >= 0.6 is 0 Å². The summed E-state index contributed by atoms with van der Waals surface area (Å²) in [6.07, 6.45) is 7.23. The lowest BCUT2D eigenvalue weighted by molar-refractivity contribution is -0.137. The van der Waals surface area contributed by atoms with Gasteiger partial charge in [0.15, 0.2) is 0 Å². The summed E-state index contributed by atoms with van der Waals surface area (Å²) in [4.78, 5) is 46.9. The standard InChI is InChI=1S/C26H25N5O4/c1-15-3-2-12-31(15)22-21(23(32)24(22)33)30-20(26(34)35)13-16-4-6-18(7-5-16)29-25-19-14-27-10-8-17(19)9-11-28-25/h4-11,14-15,20,30H,2-3,12-13H2,1H3,(H,28,29)(H,34,35)/t15-,20?/m0/s1. The molecule has 3 heterocycles. The minimum absolute atomic E-state index is 0.116. The van der Waals surface area contributed by atoms with Crippen molar-refractivity contribution < 1.29 is 9.90 Å². The summed E-state index contributed by atoms with van der Waals surface area (Å²) in [7, 11) is 0. The number of fused-ring (bicyclic) bond motifs is 1. The van der Waals surface area contributed by atoms with Gasteiger partial charge in [-0.15, -0.1) is 0 Å². The SMILES string of the molecule is C[C@H]1CCCN1c1c(NC(Cc2ccc(Nc3nccc4ccncc34)cc2)C(=O)O)c(=O)c1=O. The van der Waals surface area contributed by atoms with E-state index < -0.39 is 22.9 Å². The molecule has 0 saturated carbocycles. The summed E-state index contributed by atoms with van der Waals surface area (Å²) in [6, 6.07) is 10.3. The third-order valence-corrected chi connectivity index (χ3v) is 6.57. The molecule has 1 saturated heterocycles. The number of carbonyl (C=O) groups is 1. The van der Waals surface area contributed by atoms with Crippen LogP contribution in [0.3, 0.4) is 0 Å². The molecule has 2 aromatic carbocycles. The molecular weight excluding hydrogens is 446 g/mol. The molecule has 9 heteroatoms. The van der Waals surface area contributed by atoms with Crippen LogP contribution < -0.4 is 26.4 Å². The highest BCUT2D eigenvalue weighted by Gasteiger charge is 2.33. The minimum atomic E-state index is -1.09. The van der Waals surface area contributed by atoms with Gasteiger partial charge in [-0.2, -0.15) is 0 Å². The molecule has 0 aliphatic carbocycles. The quantitative estimate of drug-likeness (QED) is 0.333. The second kappa shape index (κ2) is 9.17. The van der Waals surface area contributed by atoms with Gasteiger partial charge < -0.3 is 20.6 Å². The van der Waals surface area contributed by atoms with E-state index in [4.69, 9.17) is 0 Å². The lowest BCUT2D eigenvalue weighted by Gasteiger charge is -2.28. The van der Waals surface area contributed by atoms with Crippen molar-refractivity contribution >= 4 is 39.6 Å². The first-order valence-electron chi connectivity index (χ1n) is 11.6. The van der Waals surface area contributed by atoms with Crippen LogP contribution in [0, 0.1) is 0 Å². The Morgan fingerprint density at radius 1 is 1.14 bits per heavy atom. The van der Waals surface area contributed by atoms with E-state index >= 15 is 0 Å². The topological polar surface area (TPSA) is 125 Å². The molecule has 0 spiro atoms. The third-order valence-electron chi connectivity index (χ3n) is 6.57. The number of pyridine rings is 2. The fourth-order valence-corrected chi connectivity index (χ4v) is 4.63. The lowest BCUT2D eigenvalue weighted by atomic mass is 10.0. The molecule has 9 nitrogen and oxygen atoms in total. The van der Waals surface area contributed by atoms with Crippen molar-refractivity contribution in [3.8, 4) is 0 Å². The molecule has 1 aliphatic rings. The van der Waals surface area contributed by atoms with E-state index in [1.54, 1.807) is 18.6 Å². The summed E-state index contributed by atoms with van der Waals surface area (Å²) in [6.45, 7) is 2.69. The van der Waals surface area contributed by atoms with Gasteiger partial charge in [0, 0.05) is 48.7 Å². The Balaban J connectivity index is 1.31. The molecule has 2 atom stereocenters. The van der Waals surface area contributed by atoms with Crippen LogP contribution in [-0.2, 0) is 11.2 Å². The Morgan fingerprint density at radius 2 is 1.91 bits per heavy atom. The highest BCUT2D eigenvalue weighted by atomic mass is 16.4. The van der Waals surface area contributed by atoms with Gasteiger partial charge in [0.05, 0.1) is 0 Å². The second-order valence-electron chi connectivity index (χ2n) is 8.88. The summed E-state index contributed by atoms with van der Waals surface area (Å²) >= 11 is 0. The van der Waals surface area contributed by atoms with Crippen molar-refractivity contribution in [2.45, 2.75) is 38.3 Å². The predicted molar refractivity (Wildman–Crippen MR) is 135 cm³/mol. The van der Waals surface area contributed by atoms with Crippen molar-refractivity contribution in [1.29, 1.82) is 0 Å². The third kappa shape index (κ3) is 4.32. The number of hydrogen-bond donors (Lipinski definition) is 3. The molecule has 0 amide bonds. The number of nitrogens with one attached hydrogen (secondary N) is 2. The molecule has 1 aliphatic heterocycles. The van der Waals surface area contributed by atoms with E-state index in [2.05, 4.69) is 20.6 Å². The molecule has 4 aromatic rings. The highest BCUT2D eigenvalue weighted by molar-refractivity contribution is 5.92. The van der Waals surface area contributed by atoms with Gasteiger partial charge in [-0.3, -0.25) is 14.6 Å². The number of nitrogens with zero attached hydrogens (tertiary/aromatic N) is 3. The van der Waals surface area contributed by atoms with Gasteiger partial charge in [-0.05, 0) is 55.0 Å². The predicted octanol–water partition coefficient (Wildman–Crippen LogP) is 3.07. The van der Waals surface area contributed by atoms with Gasteiger partial charge in [-0.1, -0.05) is 12.1 Å². The highest BCUT2D eigenvalue weighted by Crippen LogP contribution is 2.29. The van der Waals surface area contributed by atoms with Crippen molar-refractivity contribution in [3.63, 3.8) is 0 Å². The largest absolute Gasteiger partial charge is 0.480 e. The van der Waals surface area contributed by atoms with Crippen molar-refractivity contribution in [3.05, 3.63) is 81.0 Å². The van der Waals surface area contributed by atoms with Gasteiger partial charge >= 0.3 is 5.97 Å². The first kappa shape index (κ1) is 22.5. The van der Waals surface area contributed by atoms with Crippen molar-refractivity contribution in [1.82, 2.24) is 9.97 Å². The minimum Gasteiger partial charge on any atom is -0.480 e.